The van der Waals surface area contributed by atoms with Gasteiger partial charge in [0.05, 0.1) is 0 Å². The maximum Gasteiger partial charge on any atom is 0 e. The Morgan fingerprint density at radius 1 is 0.250 bits per heavy atom. The van der Waals surface area contributed by atoms with Gasteiger partial charge in [0.15, 0.2) is 0 Å². The topological polar surface area (TPSA) is 0 Å². The zero-order chi connectivity index (χ0) is 0. The van der Waals surface area contributed by atoms with E-state index >= 15 is 0 Å². The molecular formula is Si4. The van der Waals surface area contributed by atoms with Gasteiger partial charge in [-0.1, -0.05) is 0 Å². The molecule has 0 atom stereocenters. The van der Waals surface area contributed by atoms with Crippen molar-refractivity contribution in [2.45, 2.75) is 0 Å². The summed E-state index contributed by atoms with van der Waals surface area (Å²) in [5, 5.41) is 0. The van der Waals surface area contributed by atoms with Crippen molar-refractivity contribution in [3.05, 3.63) is 0 Å². The van der Waals surface area contributed by atoms with E-state index in [2.05, 4.69) is 0 Å². The highest BCUT2D eigenvalue weighted by Crippen LogP contribution is -0.378. The van der Waals surface area contributed by atoms with E-state index in [1.165, 1.54) is 0 Å². The summed E-state index contributed by atoms with van der Waals surface area (Å²) >= 11 is 0. The van der Waals surface area contributed by atoms with Crippen molar-refractivity contribution >= 4 is 43.9 Å². The van der Waals surface area contributed by atoms with Gasteiger partial charge in [-0.15, -0.1) is 0 Å². The normalized spacial score (nSPS) is 0. The molecule has 0 amide bonds. The van der Waals surface area contributed by atoms with Gasteiger partial charge in [-0.2, -0.15) is 0 Å². The average molecular weight is 112 g/mol. The highest BCUT2D eigenvalue weighted by Gasteiger charge is 0.00300. The van der Waals surface area contributed by atoms with Gasteiger partial charge in [0.2, 0.25) is 0 Å². The molecule has 0 aromatic carbocycles. The minimum atomic E-state index is 0. The Morgan fingerprint density at radius 2 is 0.250 bits per heavy atom. The van der Waals surface area contributed by atoms with Crippen LogP contribution in [-0.4, -0.2) is 43.9 Å². The van der Waals surface area contributed by atoms with Gasteiger partial charge in [-0.3, -0.25) is 0 Å². The van der Waals surface area contributed by atoms with Crippen molar-refractivity contribution in [3.63, 3.8) is 0 Å². The Balaban J connectivity index is 0. The van der Waals surface area contributed by atoms with E-state index in [0.717, 1.165) is 0 Å². The highest BCUT2D eigenvalue weighted by molar-refractivity contribution is 5.76. The van der Waals surface area contributed by atoms with Crippen molar-refractivity contribution < 1.29 is 0 Å². The molecule has 0 heterocycles. The predicted molar refractivity (Wildman–Crippen MR) is 23.0 cm³/mol. The zero-order valence-corrected chi connectivity index (χ0v) is 6.00. The molecule has 0 aliphatic rings. The van der Waals surface area contributed by atoms with Crippen LogP contribution in [0.2, 0.25) is 0 Å². The van der Waals surface area contributed by atoms with E-state index in [9.17, 15) is 0 Å². The molecule has 0 saturated heterocycles. The molecular weight excluding hydrogens is 112 g/mol. The van der Waals surface area contributed by atoms with Crippen molar-refractivity contribution in [1.82, 2.24) is 0 Å². The predicted octanol–water partition coefficient (Wildman–Crippen LogP) is -1.52. The van der Waals surface area contributed by atoms with Crippen LogP contribution in [-0.2, 0) is 0 Å². The summed E-state index contributed by atoms with van der Waals surface area (Å²) in [6, 6.07) is 0. The highest BCUT2D eigenvalue weighted by atomic mass is 28.1. The Bertz CT molecular complexity index is 0. The number of hydrogen-bond donors (Lipinski definition) is 0. The van der Waals surface area contributed by atoms with E-state index in [0.29, 0.717) is 0 Å². The molecule has 0 spiro atoms. The second-order valence-electron chi connectivity index (χ2n) is 0. The summed E-state index contributed by atoms with van der Waals surface area (Å²) in [6.07, 6.45) is 0. The molecule has 4 heavy (non-hydrogen) atoms. The van der Waals surface area contributed by atoms with Gasteiger partial charge >= 0.3 is 0 Å². The molecule has 4 heteroatoms. The van der Waals surface area contributed by atoms with Gasteiger partial charge in [-0.25, -0.2) is 0 Å². The second-order valence-corrected chi connectivity index (χ2v) is 0. The summed E-state index contributed by atoms with van der Waals surface area (Å²) in [5.41, 5.74) is 0. The lowest BCUT2D eigenvalue weighted by atomic mass is 28.1. The lowest BCUT2D eigenvalue weighted by Crippen LogP contribution is -0.382. The van der Waals surface area contributed by atoms with Crippen molar-refractivity contribution in [1.29, 1.82) is 0 Å². The van der Waals surface area contributed by atoms with Crippen molar-refractivity contribution in [2.75, 3.05) is 0 Å². The molecule has 0 unspecified atom stereocenters. The van der Waals surface area contributed by atoms with Crippen LogP contribution >= 0.6 is 0 Å². The van der Waals surface area contributed by atoms with Crippen LogP contribution in [0.1, 0.15) is 0 Å². The molecule has 0 aromatic rings. The van der Waals surface area contributed by atoms with Crippen LogP contribution < -0.4 is 0 Å². The lowest BCUT2D eigenvalue weighted by molar-refractivity contribution is 5.75. The Kier molecular flexibility index (Phi) is 1020. The molecule has 0 nitrogen and oxygen atoms in total. The molecule has 0 N–H and O–H groups in total. The lowest BCUT2D eigenvalue weighted by Gasteiger charge is -0.00100. The van der Waals surface area contributed by atoms with Gasteiger partial charge < -0.3 is 0 Å². The molecule has 0 saturated carbocycles. The largest absolute Gasteiger partial charge is 0 e. The fraction of sp³-hybridized carbons (Fsp3) is 0. The first kappa shape index (κ1) is 96.7. The van der Waals surface area contributed by atoms with Gasteiger partial charge in [0, 0.05) is 43.9 Å². The van der Waals surface area contributed by atoms with Crippen molar-refractivity contribution in [2.24, 2.45) is 0 Å². The fourth-order valence-electron chi connectivity index (χ4n) is 0. The minimum Gasteiger partial charge on any atom is 0 e. The van der Waals surface area contributed by atoms with Crippen LogP contribution in [0.25, 0.3) is 0 Å². The molecule has 16 valence electrons. The van der Waals surface area contributed by atoms with Crippen LogP contribution in [0.15, 0.2) is 0 Å². The minimum absolute atomic E-state index is 0. The third-order valence-corrected chi connectivity index (χ3v) is 0. The molecule has 0 aliphatic heterocycles. The first-order valence-corrected chi connectivity index (χ1v) is 0. The molecule has 0 rings (SSSR count). The molecule has 0 aliphatic carbocycles. The molecule has 0 bridgehead atoms. The van der Waals surface area contributed by atoms with Crippen LogP contribution in [0, 0.1) is 0 Å². The number of hydrogen-bond acceptors (Lipinski definition) is 0. The summed E-state index contributed by atoms with van der Waals surface area (Å²) in [6.45, 7) is 0. The average Bonchev–Trinajstić information content (AvgIpc) is 0. The molecule has 16 radical (unpaired) electrons. The van der Waals surface area contributed by atoms with Gasteiger partial charge in [-0.05, 0) is 0 Å². The van der Waals surface area contributed by atoms with Gasteiger partial charge in [0.1, 0.15) is 0 Å². The standard InChI is InChI=1S/4Si. The summed E-state index contributed by atoms with van der Waals surface area (Å²) < 4.78 is 0. The van der Waals surface area contributed by atoms with E-state index in [1.807, 2.05) is 0 Å². The van der Waals surface area contributed by atoms with Crippen LogP contribution in [0.3, 0.4) is 0 Å². The number of rotatable bonds is 0. The summed E-state index contributed by atoms with van der Waals surface area (Å²) in [7, 11) is 0. The van der Waals surface area contributed by atoms with E-state index in [4.69, 9.17) is 0 Å². The van der Waals surface area contributed by atoms with E-state index < -0.39 is 0 Å². The first-order valence-electron chi connectivity index (χ1n) is 0. The monoisotopic (exact) mass is 112 g/mol. The van der Waals surface area contributed by atoms with Crippen LogP contribution in [0.5, 0.6) is 0 Å². The van der Waals surface area contributed by atoms with Gasteiger partial charge in [0.25, 0.3) is 0 Å². The summed E-state index contributed by atoms with van der Waals surface area (Å²) in [4.78, 5) is 0. The zero-order valence-electron chi connectivity index (χ0n) is 2.00. The third-order valence-electron chi connectivity index (χ3n) is 0. The second kappa shape index (κ2) is 42.3. The Hall–Kier alpha value is 0.868. The Morgan fingerprint density at radius 3 is 0.250 bits per heavy atom. The first-order chi connectivity index (χ1) is 0. The fourth-order valence-corrected chi connectivity index (χ4v) is 0. The maximum absolute atomic E-state index is 0. The molecule has 0 aromatic heterocycles. The van der Waals surface area contributed by atoms with E-state index in [-0.39, 0.29) is 43.9 Å². The maximum atomic E-state index is 0. The summed E-state index contributed by atoms with van der Waals surface area (Å²) in [5.74, 6) is 0. The quantitative estimate of drug-likeness (QED) is 0.334. The molecule has 0 fully saturated rings. The van der Waals surface area contributed by atoms with Crippen molar-refractivity contribution in [3.8, 4) is 0 Å². The smallest absolute Gasteiger partial charge is 0 e. The Labute approximate surface area is 44.5 Å². The van der Waals surface area contributed by atoms with Crippen LogP contribution in [0.4, 0.5) is 0 Å². The third kappa shape index (κ3) is 13.3. The van der Waals surface area contributed by atoms with E-state index in [1.54, 1.807) is 0 Å². The SMILES string of the molecule is [Si].[Si].[Si].[Si].